The normalized spacial score (nSPS) is 17.5. The number of amides is 1. The predicted octanol–water partition coefficient (Wildman–Crippen LogP) is 3.36. The summed E-state index contributed by atoms with van der Waals surface area (Å²) in [6.45, 7) is 3.59. The fourth-order valence-corrected chi connectivity index (χ4v) is 3.25. The summed E-state index contributed by atoms with van der Waals surface area (Å²) in [4.78, 5) is 16.4. The average Bonchev–Trinajstić information content (AvgIpc) is 2.70. The molecule has 5 nitrogen and oxygen atoms in total. The molecule has 6 heteroatoms. The van der Waals surface area contributed by atoms with Gasteiger partial charge in [0.2, 0.25) is 5.91 Å². The lowest BCUT2D eigenvalue weighted by Gasteiger charge is -2.33. The number of morpholine rings is 1. The molecule has 0 bridgehead atoms. The molecule has 0 saturated carbocycles. The standard InChI is InChI=1S/C21H25BrN2O3/c1-23(11-13-26-19-9-7-18(22)8-10-19)21(25)16-24-12-14-27-20(15-24)17-5-3-2-4-6-17/h2-10,20H,11-16H2,1H3. The van der Waals surface area contributed by atoms with Gasteiger partial charge in [0, 0.05) is 24.6 Å². The number of carbonyl (C=O) groups is 1. The molecule has 1 amide bonds. The van der Waals surface area contributed by atoms with Gasteiger partial charge in [-0.2, -0.15) is 0 Å². The van der Waals surface area contributed by atoms with Crippen LogP contribution in [0.15, 0.2) is 59.1 Å². The van der Waals surface area contributed by atoms with Crippen molar-refractivity contribution in [1.29, 1.82) is 0 Å². The van der Waals surface area contributed by atoms with E-state index in [-0.39, 0.29) is 12.0 Å². The van der Waals surface area contributed by atoms with Crippen molar-refractivity contribution in [2.75, 3.05) is 46.4 Å². The van der Waals surface area contributed by atoms with Crippen LogP contribution in [0.25, 0.3) is 0 Å². The zero-order valence-electron chi connectivity index (χ0n) is 15.5. The van der Waals surface area contributed by atoms with E-state index < -0.39 is 0 Å². The lowest BCUT2D eigenvalue weighted by molar-refractivity contribution is -0.133. The molecular weight excluding hydrogens is 408 g/mol. The monoisotopic (exact) mass is 432 g/mol. The number of hydrogen-bond acceptors (Lipinski definition) is 4. The van der Waals surface area contributed by atoms with Gasteiger partial charge >= 0.3 is 0 Å². The van der Waals surface area contributed by atoms with E-state index in [1.165, 1.54) is 0 Å². The van der Waals surface area contributed by atoms with Gasteiger partial charge in [-0.25, -0.2) is 0 Å². The van der Waals surface area contributed by atoms with Crippen LogP contribution in [0, 0.1) is 0 Å². The molecular formula is C21H25BrN2O3. The topological polar surface area (TPSA) is 42.0 Å². The average molecular weight is 433 g/mol. The van der Waals surface area contributed by atoms with Gasteiger partial charge in [0.1, 0.15) is 12.4 Å². The molecule has 1 saturated heterocycles. The summed E-state index contributed by atoms with van der Waals surface area (Å²) in [5, 5.41) is 0. The fraction of sp³-hybridized carbons (Fsp3) is 0.381. The van der Waals surface area contributed by atoms with E-state index in [2.05, 4.69) is 33.0 Å². The van der Waals surface area contributed by atoms with E-state index in [0.29, 0.717) is 26.3 Å². The van der Waals surface area contributed by atoms with Gasteiger partial charge in [0.05, 0.1) is 25.8 Å². The molecule has 2 aromatic carbocycles. The molecule has 2 aromatic rings. The minimum atomic E-state index is 0.0267. The van der Waals surface area contributed by atoms with Crippen molar-refractivity contribution in [1.82, 2.24) is 9.80 Å². The highest BCUT2D eigenvalue weighted by atomic mass is 79.9. The Hall–Kier alpha value is -1.89. The van der Waals surface area contributed by atoms with Crippen LogP contribution in [0.1, 0.15) is 11.7 Å². The van der Waals surface area contributed by atoms with Gasteiger partial charge in [-0.1, -0.05) is 46.3 Å². The van der Waals surface area contributed by atoms with Crippen LogP contribution in [-0.4, -0.2) is 62.1 Å². The van der Waals surface area contributed by atoms with Crippen LogP contribution in [0.3, 0.4) is 0 Å². The van der Waals surface area contributed by atoms with Gasteiger partial charge < -0.3 is 14.4 Å². The molecule has 1 aliphatic heterocycles. The van der Waals surface area contributed by atoms with Crippen molar-refractivity contribution in [2.24, 2.45) is 0 Å². The summed E-state index contributed by atoms with van der Waals surface area (Å²) in [5.74, 6) is 0.904. The zero-order chi connectivity index (χ0) is 19.1. The molecule has 1 fully saturated rings. The molecule has 0 N–H and O–H groups in total. The third kappa shape index (κ3) is 6.06. The summed E-state index contributed by atoms with van der Waals surface area (Å²) in [6.07, 6.45) is 0.0267. The molecule has 1 heterocycles. The quantitative estimate of drug-likeness (QED) is 0.672. The first kappa shape index (κ1) is 19.9. The van der Waals surface area contributed by atoms with E-state index in [4.69, 9.17) is 9.47 Å². The molecule has 0 aliphatic carbocycles. The number of likely N-dealkylation sites (N-methyl/N-ethyl adjacent to an activating group) is 1. The maximum atomic E-state index is 12.5. The van der Waals surface area contributed by atoms with Crippen molar-refractivity contribution in [3.63, 3.8) is 0 Å². The lowest BCUT2D eigenvalue weighted by atomic mass is 10.1. The number of hydrogen-bond donors (Lipinski definition) is 0. The summed E-state index contributed by atoms with van der Waals surface area (Å²) in [7, 11) is 1.82. The van der Waals surface area contributed by atoms with Gasteiger partial charge in [-0.05, 0) is 29.8 Å². The summed E-state index contributed by atoms with van der Waals surface area (Å²) in [5.41, 5.74) is 1.16. The van der Waals surface area contributed by atoms with E-state index in [1.54, 1.807) is 4.90 Å². The smallest absolute Gasteiger partial charge is 0.236 e. The molecule has 1 aliphatic rings. The second-order valence-corrected chi connectivity index (χ2v) is 7.54. The second kappa shape index (κ2) is 9.88. The van der Waals surface area contributed by atoms with Crippen LogP contribution in [0.5, 0.6) is 5.75 Å². The highest BCUT2D eigenvalue weighted by Crippen LogP contribution is 2.21. The Balaban J connectivity index is 1.42. The SMILES string of the molecule is CN(CCOc1ccc(Br)cc1)C(=O)CN1CCOC(c2ccccc2)C1. The fourth-order valence-electron chi connectivity index (χ4n) is 2.98. The first-order chi connectivity index (χ1) is 13.1. The highest BCUT2D eigenvalue weighted by molar-refractivity contribution is 9.10. The molecule has 1 atom stereocenters. The van der Waals surface area contributed by atoms with Crippen LogP contribution in [-0.2, 0) is 9.53 Å². The van der Waals surface area contributed by atoms with Gasteiger partial charge in [0.25, 0.3) is 0 Å². The number of ether oxygens (including phenoxy) is 2. The molecule has 27 heavy (non-hydrogen) atoms. The predicted molar refractivity (Wildman–Crippen MR) is 109 cm³/mol. The van der Waals surface area contributed by atoms with Gasteiger partial charge in [-0.3, -0.25) is 9.69 Å². The first-order valence-electron chi connectivity index (χ1n) is 9.13. The van der Waals surface area contributed by atoms with Crippen LogP contribution >= 0.6 is 15.9 Å². The lowest BCUT2D eigenvalue weighted by Crippen LogP contribution is -2.45. The number of benzene rings is 2. The molecule has 1 unspecified atom stereocenters. The number of nitrogens with zero attached hydrogens (tertiary/aromatic N) is 2. The minimum Gasteiger partial charge on any atom is -0.492 e. The Labute approximate surface area is 169 Å². The number of rotatable bonds is 7. The zero-order valence-corrected chi connectivity index (χ0v) is 17.1. The van der Waals surface area contributed by atoms with Gasteiger partial charge in [0.15, 0.2) is 0 Å². The van der Waals surface area contributed by atoms with Gasteiger partial charge in [-0.15, -0.1) is 0 Å². The van der Waals surface area contributed by atoms with E-state index >= 15 is 0 Å². The molecule has 3 rings (SSSR count). The van der Waals surface area contributed by atoms with E-state index in [0.717, 1.165) is 28.9 Å². The molecule has 144 valence electrons. The van der Waals surface area contributed by atoms with Crippen molar-refractivity contribution in [2.45, 2.75) is 6.10 Å². The minimum absolute atomic E-state index is 0.0267. The highest BCUT2D eigenvalue weighted by Gasteiger charge is 2.24. The van der Waals surface area contributed by atoms with E-state index in [1.807, 2.05) is 49.5 Å². The van der Waals surface area contributed by atoms with Crippen molar-refractivity contribution >= 4 is 21.8 Å². The van der Waals surface area contributed by atoms with Crippen molar-refractivity contribution < 1.29 is 14.3 Å². The Bertz CT molecular complexity index is 724. The summed E-state index contributed by atoms with van der Waals surface area (Å²) < 4.78 is 12.6. The number of halogens is 1. The maximum Gasteiger partial charge on any atom is 0.236 e. The number of carbonyl (C=O) groups excluding carboxylic acids is 1. The third-order valence-corrected chi connectivity index (χ3v) is 5.14. The summed E-state index contributed by atoms with van der Waals surface area (Å²) >= 11 is 3.40. The second-order valence-electron chi connectivity index (χ2n) is 6.62. The van der Waals surface area contributed by atoms with E-state index in [9.17, 15) is 4.79 Å². The van der Waals surface area contributed by atoms with Crippen LogP contribution in [0.2, 0.25) is 0 Å². The Morgan fingerprint density at radius 3 is 2.70 bits per heavy atom. The molecule has 0 radical (unpaired) electrons. The van der Waals surface area contributed by atoms with Crippen molar-refractivity contribution in [3.8, 4) is 5.75 Å². The molecule has 0 spiro atoms. The summed E-state index contributed by atoms with van der Waals surface area (Å²) in [6, 6.07) is 17.9. The Kier molecular flexibility index (Phi) is 7.26. The third-order valence-electron chi connectivity index (χ3n) is 4.62. The van der Waals surface area contributed by atoms with Crippen molar-refractivity contribution in [3.05, 3.63) is 64.6 Å². The van der Waals surface area contributed by atoms with Crippen LogP contribution < -0.4 is 4.74 Å². The largest absolute Gasteiger partial charge is 0.492 e. The Morgan fingerprint density at radius 1 is 1.22 bits per heavy atom. The first-order valence-corrected chi connectivity index (χ1v) is 9.92. The maximum absolute atomic E-state index is 12.5. The Morgan fingerprint density at radius 2 is 1.96 bits per heavy atom. The van der Waals surface area contributed by atoms with Crippen LogP contribution in [0.4, 0.5) is 0 Å². The molecule has 0 aromatic heterocycles.